The molecule has 192 valence electrons. The minimum absolute atomic E-state index is 0.890. The Hall–Kier alpha value is -5.40. The second kappa shape index (κ2) is 9.66. The second-order valence-electron chi connectivity index (χ2n) is 10.5. The van der Waals surface area contributed by atoms with Crippen LogP contribution in [0.25, 0.3) is 77.2 Å². The van der Waals surface area contributed by atoms with E-state index in [0.29, 0.717) is 0 Å². The van der Waals surface area contributed by atoms with Gasteiger partial charge in [-0.2, -0.15) is 0 Å². The van der Waals surface area contributed by atoms with Crippen molar-refractivity contribution in [2.45, 2.75) is 0 Å². The Bertz CT molecular complexity index is 2120. The van der Waals surface area contributed by atoms with Gasteiger partial charge in [-0.15, -0.1) is 0 Å². The average Bonchev–Trinajstić information content (AvgIpc) is 3.44. The van der Waals surface area contributed by atoms with Crippen molar-refractivity contribution in [2.24, 2.45) is 0 Å². The lowest BCUT2D eigenvalue weighted by Crippen LogP contribution is -1.90. The van der Waals surface area contributed by atoms with E-state index in [4.69, 9.17) is 4.42 Å². The smallest absolute Gasteiger partial charge is 0.143 e. The van der Waals surface area contributed by atoms with Gasteiger partial charge in [0.2, 0.25) is 0 Å². The van der Waals surface area contributed by atoms with Crippen molar-refractivity contribution in [3.63, 3.8) is 0 Å². The van der Waals surface area contributed by atoms with E-state index in [1.165, 1.54) is 43.8 Å². The number of fused-ring (bicyclic) bond motifs is 3. The van der Waals surface area contributed by atoms with Crippen LogP contribution in [0.3, 0.4) is 0 Å². The number of hydrogen-bond donors (Lipinski definition) is 0. The minimum Gasteiger partial charge on any atom is -0.455 e. The molecule has 0 aliphatic heterocycles. The summed E-state index contributed by atoms with van der Waals surface area (Å²) in [7, 11) is 0. The van der Waals surface area contributed by atoms with Gasteiger partial charge in [0.05, 0.1) is 0 Å². The van der Waals surface area contributed by atoms with Gasteiger partial charge in [0, 0.05) is 16.5 Å². The van der Waals surface area contributed by atoms with Crippen LogP contribution >= 0.6 is 0 Å². The van der Waals surface area contributed by atoms with Gasteiger partial charge in [-0.25, -0.2) is 0 Å². The van der Waals surface area contributed by atoms with Crippen LogP contribution in [-0.4, -0.2) is 0 Å². The molecule has 41 heavy (non-hydrogen) atoms. The molecule has 0 amide bonds. The quantitative estimate of drug-likeness (QED) is 0.210. The van der Waals surface area contributed by atoms with Gasteiger partial charge in [0.25, 0.3) is 0 Å². The van der Waals surface area contributed by atoms with Crippen molar-refractivity contribution in [3.05, 3.63) is 158 Å². The summed E-state index contributed by atoms with van der Waals surface area (Å²) in [5.74, 6) is 0.901. The highest BCUT2D eigenvalue weighted by Gasteiger charge is 2.20. The number of hydrogen-bond acceptors (Lipinski definition) is 1. The summed E-state index contributed by atoms with van der Waals surface area (Å²) in [4.78, 5) is 0. The highest BCUT2D eigenvalue weighted by atomic mass is 16.3. The summed E-state index contributed by atoms with van der Waals surface area (Å²) in [6.45, 7) is 0. The van der Waals surface area contributed by atoms with E-state index in [0.717, 1.165) is 33.4 Å². The lowest BCUT2D eigenvalue weighted by molar-refractivity contribution is 0.632. The highest BCUT2D eigenvalue weighted by Crippen LogP contribution is 2.46. The van der Waals surface area contributed by atoms with Crippen LogP contribution in [0.15, 0.2) is 162 Å². The zero-order chi connectivity index (χ0) is 27.2. The van der Waals surface area contributed by atoms with Crippen LogP contribution in [0, 0.1) is 0 Å². The molecule has 1 aromatic heterocycles. The minimum atomic E-state index is 0.890. The van der Waals surface area contributed by atoms with E-state index in [9.17, 15) is 0 Å². The van der Waals surface area contributed by atoms with Gasteiger partial charge in [-0.1, -0.05) is 146 Å². The van der Waals surface area contributed by atoms with Gasteiger partial charge in [0.15, 0.2) is 0 Å². The van der Waals surface area contributed by atoms with Gasteiger partial charge >= 0.3 is 0 Å². The van der Waals surface area contributed by atoms with Crippen LogP contribution in [0.2, 0.25) is 0 Å². The molecule has 0 saturated carbocycles. The average molecular weight is 523 g/mol. The van der Waals surface area contributed by atoms with Gasteiger partial charge < -0.3 is 4.42 Å². The van der Waals surface area contributed by atoms with Crippen LogP contribution in [-0.2, 0) is 0 Å². The fourth-order valence-electron chi connectivity index (χ4n) is 6.29. The molecule has 8 aromatic rings. The Morgan fingerprint density at radius 2 is 0.707 bits per heavy atom. The van der Waals surface area contributed by atoms with Crippen LogP contribution in [0.1, 0.15) is 0 Å². The monoisotopic (exact) mass is 522 g/mol. The maximum Gasteiger partial charge on any atom is 0.143 e. The molecule has 0 spiro atoms. The Morgan fingerprint density at radius 1 is 0.293 bits per heavy atom. The van der Waals surface area contributed by atoms with E-state index >= 15 is 0 Å². The SMILES string of the molecule is c1ccc(-c2oc3ccc(-c4c5ccccc5c(-c5ccccc5)c5ccccc45)cc3c2-c2ccccc2)cc1. The third-order valence-corrected chi connectivity index (χ3v) is 8.07. The van der Waals surface area contributed by atoms with E-state index < -0.39 is 0 Å². The van der Waals surface area contributed by atoms with Gasteiger partial charge in [0.1, 0.15) is 11.3 Å². The molecular weight excluding hydrogens is 496 g/mol. The fraction of sp³-hybridized carbons (Fsp3) is 0. The fourth-order valence-corrected chi connectivity index (χ4v) is 6.29. The summed E-state index contributed by atoms with van der Waals surface area (Å²) in [5, 5.41) is 6.13. The summed E-state index contributed by atoms with van der Waals surface area (Å²) < 4.78 is 6.58. The molecule has 0 unspecified atom stereocenters. The van der Waals surface area contributed by atoms with Crippen LogP contribution in [0.4, 0.5) is 0 Å². The third-order valence-electron chi connectivity index (χ3n) is 8.07. The van der Waals surface area contributed by atoms with Crippen molar-refractivity contribution in [2.75, 3.05) is 0 Å². The van der Waals surface area contributed by atoms with Crippen molar-refractivity contribution in [1.29, 1.82) is 0 Å². The van der Waals surface area contributed by atoms with Gasteiger partial charge in [-0.3, -0.25) is 0 Å². The molecule has 0 aliphatic carbocycles. The first-order chi connectivity index (χ1) is 20.4. The summed E-state index contributed by atoms with van der Waals surface area (Å²) in [6.07, 6.45) is 0. The largest absolute Gasteiger partial charge is 0.455 e. The molecule has 1 heteroatoms. The van der Waals surface area contributed by atoms with Crippen molar-refractivity contribution in [3.8, 4) is 44.7 Å². The standard InChI is InChI=1S/C40H26O/c1-4-14-27(15-5-1)37-31-20-10-12-22-33(31)38(34-23-13-11-21-32(34)37)30-24-25-36-35(26-30)39(28-16-6-2-7-17-28)40(41-36)29-18-8-3-9-19-29/h1-26H. The topological polar surface area (TPSA) is 13.1 Å². The van der Waals surface area contributed by atoms with Crippen LogP contribution < -0.4 is 0 Å². The van der Waals surface area contributed by atoms with E-state index in [1.54, 1.807) is 0 Å². The maximum atomic E-state index is 6.58. The van der Waals surface area contributed by atoms with Crippen molar-refractivity contribution in [1.82, 2.24) is 0 Å². The molecule has 0 bridgehead atoms. The predicted octanol–water partition coefficient (Wildman–Crippen LogP) is 11.4. The predicted molar refractivity (Wildman–Crippen MR) is 173 cm³/mol. The summed E-state index contributed by atoms with van der Waals surface area (Å²) in [5.41, 5.74) is 9.19. The molecule has 7 aromatic carbocycles. The normalized spacial score (nSPS) is 11.4. The first-order valence-electron chi connectivity index (χ1n) is 14.0. The molecule has 8 rings (SSSR count). The third kappa shape index (κ3) is 3.86. The molecule has 0 saturated heterocycles. The molecule has 0 atom stereocenters. The number of furan rings is 1. The molecule has 0 fully saturated rings. The Kier molecular flexibility index (Phi) is 5.53. The lowest BCUT2D eigenvalue weighted by Gasteiger charge is -2.17. The Morgan fingerprint density at radius 3 is 1.22 bits per heavy atom. The highest BCUT2D eigenvalue weighted by molar-refractivity contribution is 6.22. The van der Waals surface area contributed by atoms with Crippen molar-refractivity contribution >= 4 is 32.5 Å². The zero-order valence-corrected chi connectivity index (χ0v) is 22.4. The molecular formula is C40H26O. The number of benzene rings is 7. The zero-order valence-electron chi connectivity index (χ0n) is 22.4. The second-order valence-corrected chi connectivity index (χ2v) is 10.5. The maximum absolute atomic E-state index is 6.58. The van der Waals surface area contributed by atoms with Crippen molar-refractivity contribution < 1.29 is 4.42 Å². The molecule has 0 radical (unpaired) electrons. The first kappa shape index (κ1) is 23.5. The summed E-state index contributed by atoms with van der Waals surface area (Å²) >= 11 is 0. The van der Waals surface area contributed by atoms with E-state index in [2.05, 4.69) is 152 Å². The lowest BCUT2D eigenvalue weighted by atomic mass is 9.85. The van der Waals surface area contributed by atoms with Crippen LogP contribution in [0.5, 0.6) is 0 Å². The molecule has 1 heterocycles. The van der Waals surface area contributed by atoms with E-state index in [1.807, 2.05) is 6.07 Å². The Labute approximate surface area is 238 Å². The van der Waals surface area contributed by atoms with E-state index in [-0.39, 0.29) is 0 Å². The molecule has 0 N–H and O–H groups in total. The molecule has 0 aliphatic rings. The Balaban J connectivity index is 1.46. The first-order valence-corrected chi connectivity index (χ1v) is 14.0. The summed E-state index contributed by atoms with van der Waals surface area (Å²) in [6, 6.07) is 56.0. The molecule has 1 nitrogen and oxygen atoms in total. The van der Waals surface area contributed by atoms with Gasteiger partial charge in [-0.05, 0) is 61.5 Å². The number of rotatable bonds is 4.